The molecule has 1 atom stereocenters. The van der Waals surface area contributed by atoms with Crippen LogP contribution in [0.1, 0.15) is 12.5 Å². The Labute approximate surface area is 95.5 Å². The van der Waals surface area contributed by atoms with Crippen LogP contribution in [0.5, 0.6) is 0 Å². The molecule has 1 aromatic rings. The van der Waals surface area contributed by atoms with Crippen LogP contribution in [0.25, 0.3) is 0 Å². The van der Waals surface area contributed by atoms with Gasteiger partial charge < -0.3 is 0 Å². The van der Waals surface area contributed by atoms with E-state index in [1.807, 2.05) is 24.3 Å². The lowest BCUT2D eigenvalue weighted by Gasteiger charge is -2.22. The molecule has 1 rings (SSSR count). The first-order chi connectivity index (χ1) is 6.59. The van der Waals surface area contributed by atoms with Gasteiger partial charge in [-0.15, -0.1) is 18.2 Å². The predicted octanol–water partition coefficient (Wildman–Crippen LogP) is 4.31. The highest BCUT2D eigenvalue weighted by atomic mass is 35.5. The van der Waals surface area contributed by atoms with E-state index in [4.69, 9.17) is 23.2 Å². The topological polar surface area (TPSA) is 0 Å². The number of alkyl halides is 1. The molecule has 0 saturated heterocycles. The van der Waals surface area contributed by atoms with Crippen LogP contribution in [0.3, 0.4) is 0 Å². The zero-order chi connectivity index (χ0) is 10.6. The summed E-state index contributed by atoms with van der Waals surface area (Å²) in [5.41, 5.74) is 1.15. The highest BCUT2D eigenvalue weighted by Gasteiger charge is 2.19. The van der Waals surface area contributed by atoms with Crippen molar-refractivity contribution in [1.82, 2.24) is 0 Å². The van der Waals surface area contributed by atoms with Crippen molar-refractivity contribution in [1.29, 1.82) is 0 Å². The van der Waals surface area contributed by atoms with Gasteiger partial charge in [0.1, 0.15) is 0 Å². The monoisotopic (exact) mass is 228 g/mol. The van der Waals surface area contributed by atoms with Gasteiger partial charge in [-0.05, 0) is 24.1 Å². The second-order valence-electron chi connectivity index (χ2n) is 3.80. The zero-order valence-electron chi connectivity index (χ0n) is 8.26. The van der Waals surface area contributed by atoms with Gasteiger partial charge in [-0.25, -0.2) is 0 Å². The molecule has 0 bridgehead atoms. The summed E-state index contributed by atoms with van der Waals surface area (Å²) >= 11 is 11.8. The Hall–Kier alpha value is -0.460. The van der Waals surface area contributed by atoms with E-state index >= 15 is 0 Å². The lowest BCUT2D eigenvalue weighted by molar-refractivity contribution is 0.486. The fraction of sp³-hybridized carbons (Fsp3) is 0.333. The largest absolute Gasteiger partial charge is 0.126 e. The SMILES string of the molecule is C=CC(C)(CCl)Cc1cccc(Cl)c1. The average molecular weight is 229 g/mol. The van der Waals surface area contributed by atoms with Crippen LogP contribution in [0, 0.1) is 5.41 Å². The Morgan fingerprint density at radius 2 is 2.21 bits per heavy atom. The smallest absolute Gasteiger partial charge is 0.0408 e. The van der Waals surface area contributed by atoms with E-state index in [-0.39, 0.29) is 5.41 Å². The van der Waals surface area contributed by atoms with Crippen LogP contribution in [-0.2, 0) is 6.42 Å². The third-order valence-corrected chi connectivity index (χ3v) is 3.14. The Kier molecular flexibility index (Phi) is 4.03. The third kappa shape index (κ3) is 3.04. The molecule has 76 valence electrons. The molecule has 0 nitrogen and oxygen atoms in total. The first kappa shape index (κ1) is 11.6. The predicted molar refractivity (Wildman–Crippen MR) is 64.2 cm³/mol. The minimum absolute atomic E-state index is 0.0494. The van der Waals surface area contributed by atoms with E-state index in [0.29, 0.717) is 5.88 Å². The first-order valence-electron chi connectivity index (χ1n) is 4.54. The Morgan fingerprint density at radius 1 is 1.50 bits per heavy atom. The molecule has 0 aliphatic rings. The molecule has 1 aromatic carbocycles. The number of hydrogen-bond donors (Lipinski definition) is 0. The van der Waals surface area contributed by atoms with E-state index in [0.717, 1.165) is 11.4 Å². The Bertz CT molecular complexity index is 320. The summed E-state index contributed by atoms with van der Waals surface area (Å²) in [6.07, 6.45) is 2.78. The van der Waals surface area contributed by atoms with Crippen molar-refractivity contribution in [3.05, 3.63) is 47.5 Å². The third-order valence-electron chi connectivity index (χ3n) is 2.30. The molecule has 0 amide bonds. The van der Waals surface area contributed by atoms with Gasteiger partial charge in [-0.1, -0.05) is 36.7 Å². The molecular formula is C12H14Cl2. The molecule has 14 heavy (non-hydrogen) atoms. The highest BCUT2D eigenvalue weighted by molar-refractivity contribution is 6.30. The molecule has 0 N–H and O–H groups in total. The fourth-order valence-electron chi connectivity index (χ4n) is 1.29. The van der Waals surface area contributed by atoms with Crippen LogP contribution in [0.15, 0.2) is 36.9 Å². The van der Waals surface area contributed by atoms with Gasteiger partial charge in [0.15, 0.2) is 0 Å². The van der Waals surface area contributed by atoms with E-state index in [1.54, 1.807) is 0 Å². The van der Waals surface area contributed by atoms with Crippen molar-refractivity contribution in [3.63, 3.8) is 0 Å². The molecule has 0 fully saturated rings. The molecule has 0 aliphatic carbocycles. The lowest BCUT2D eigenvalue weighted by atomic mass is 9.86. The van der Waals surface area contributed by atoms with Gasteiger partial charge >= 0.3 is 0 Å². The highest BCUT2D eigenvalue weighted by Crippen LogP contribution is 2.26. The maximum atomic E-state index is 5.90. The lowest BCUT2D eigenvalue weighted by Crippen LogP contribution is -2.18. The molecule has 0 radical (unpaired) electrons. The zero-order valence-corrected chi connectivity index (χ0v) is 9.78. The van der Waals surface area contributed by atoms with Crippen LogP contribution in [0.2, 0.25) is 5.02 Å². The average Bonchev–Trinajstić information content (AvgIpc) is 2.18. The maximum Gasteiger partial charge on any atom is 0.0408 e. The van der Waals surface area contributed by atoms with Crippen molar-refractivity contribution < 1.29 is 0 Å². The number of benzene rings is 1. The number of hydrogen-bond acceptors (Lipinski definition) is 0. The fourth-order valence-corrected chi connectivity index (χ4v) is 1.70. The summed E-state index contributed by atoms with van der Waals surface area (Å²) in [6, 6.07) is 7.85. The van der Waals surface area contributed by atoms with Crippen LogP contribution in [0.4, 0.5) is 0 Å². The quantitative estimate of drug-likeness (QED) is 0.533. The summed E-state index contributed by atoms with van der Waals surface area (Å²) in [6.45, 7) is 5.90. The van der Waals surface area contributed by atoms with Crippen molar-refractivity contribution in [2.45, 2.75) is 13.3 Å². The van der Waals surface area contributed by atoms with E-state index in [9.17, 15) is 0 Å². The van der Waals surface area contributed by atoms with Crippen molar-refractivity contribution >= 4 is 23.2 Å². The van der Waals surface area contributed by atoms with Gasteiger partial charge in [0.2, 0.25) is 0 Å². The summed E-state index contributed by atoms with van der Waals surface area (Å²) < 4.78 is 0. The van der Waals surface area contributed by atoms with Crippen molar-refractivity contribution in [3.8, 4) is 0 Å². The van der Waals surface area contributed by atoms with Gasteiger partial charge in [0.25, 0.3) is 0 Å². The standard InChI is InChI=1S/C12H14Cl2/c1-3-12(2,9-13)8-10-5-4-6-11(14)7-10/h3-7H,1,8-9H2,2H3. The van der Waals surface area contributed by atoms with E-state index in [1.165, 1.54) is 5.56 Å². The van der Waals surface area contributed by atoms with Crippen LogP contribution < -0.4 is 0 Å². The summed E-state index contributed by atoms with van der Waals surface area (Å²) in [5.74, 6) is 0.572. The number of allylic oxidation sites excluding steroid dienone is 1. The molecule has 1 unspecified atom stereocenters. The van der Waals surface area contributed by atoms with Gasteiger partial charge in [0.05, 0.1) is 0 Å². The number of rotatable bonds is 4. The summed E-state index contributed by atoms with van der Waals surface area (Å²) in [5, 5.41) is 0.767. The molecule has 0 heterocycles. The van der Waals surface area contributed by atoms with Crippen molar-refractivity contribution in [2.24, 2.45) is 5.41 Å². The maximum absolute atomic E-state index is 5.90. The molecule has 0 spiro atoms. The normalized spacial score (nSPS) is 14.8. The molecule has 2 heteroatoms. The van der Waals surface area contributed by atoms with E-state index < -0.39 is 0 Å². The Morgan fingerprint density at radius 3 is 2.71 bits per heavy atom. The molecule has 0 saturated carbocycles. The van der Waals surface area contributed by atoms with Gasteiger partial charge in [-0.2, -0.15) is 0 Å². The summed E-state index contributed by atoms with van der Waals surface area (Å²) in [4.78, 5) is 0. The van der Waals surface area contributed by atoms with E-state index in [2.05, 4.69) is 19.6 Å². The number of halogens is 2. The molecule has 0 aromatic heterocycles. The van der Waals surface area contributed by atoms with Gasteiger partial charge in [-0.3, -0.25) is 0 Å². The molecule has 0 aliphatic heterocycles. The Balaban J connectivity index is 2.82. The van der Waals surface area contributed by atoms with Crippen molar-refractivity contribution in [2.75, 3.05) is 5.88 Å². The van der Waals surface area contributed by atoms with Gasteiger partial charge in [0, 0.05) is 16.3 Å². The minimum Gasteiger partial charge on any atom is -0.126 e. The van der Waals surface area contributed by atoms with Crippen LogP contribution in [-0.4, -0.2) is 5.88 Å². The molecular weight excluding hydrogens is 215 g/mol. The first-order valence-corrected chi connectivity index (χ1v) is 5.45. The second kappa shape index (κ2) is 4.86. The second-order valence-corrected chi connectivity index (χ2v) is 4.50. The minimum atomic E-state index is -0.0494. The summed E-state index contributed by atoms with van der Waals surface area (Å²) in [7, 11) is 0. The van der Waals surface area contributed by atoms with Crippen LogP contribution >= 0.6 is 23.2 Å².